The van der Waals surface area contributed by atoms with Crippen LogP contribution in [-0.4, -0.2) is 5.11 Å². The van der Waals surface area contributed by atoms with Crippen LogP contribution >= 0.6 is 0 Å². The summed E-state index contributed by atoms with van der Waals surface area (Å²) in [7, 11) is 0. The average molecular weight is 212 g/mol. The van der Waals surface area contributed by atoms with Crippen LogP contribution in [0.5, 0.6) is 5.75 Å². The Morgan fingerprint density at radius 1 is 0.875 bits per heavy atom. The van der Waals surface area contributed by atoms with Crippen molar-refractivity contribution in [2.45, 2.75) is 20.8 Å². The summed E-state index contributed by atoms with van der Waals surface area (Å²) in [5.41, 5.74) is 6.28. The van der Waals surface area contributed by atoms with E-state index in [9.17, 15) is 5.11 Å². The van der Waals surface area contributed by atoms with Gasteiger partial charge in [-0.25, -0.2) is 0 Å². The summed E-state index contributed by atoms with van der Waals surface area (Å²) in [4.78, 5) is 0. The lowest BCUT2D eigenvalue weighted by molar-refractivity contribution is 0.475. The number of benzene rings is 2. The molecule has 1 heteroatoms. The van der Waals surface area contributed by atoms with Crippen LogP contribution in [0, 0.1) is 20.8 Å². The van der Waals surface area contributed by atoms with Crippen molar-refractivity contribution in [2.24, 2.45) is 0 Å². The highest BCUT2D eigenvalue weighted by molar-refractivity contribution is 5.69. The SMILES string of the molecule is Cc1cc(C)c(C)c(-c2ccc(O)cc2)c1. The molecule has 1 N–H and O–H groups in total. The van der Waals surface area contributed by atoms with Crippen LogP contribution in [0.15, 0.2) is 36.4 Å². The summed E-state index contributed by atoms with van der Waals surface area (Å²) in [6, 6.07) is 11.7. The maximum Gasteiger partial charge on any atom is 0.115 e. The van der Waals surface area contributed by atoms with Crippen LogP contribution in [0.2, 0.25) is 0 Å². The van der Waals surface area contributed by atoms with Gasteiger partial charge in [0.25, 0.3) is 0 Å². The number of rotatable bonds is 1. The van der Waals surface area contributed by atoms with E-state index < -0.39 is 0 Å². The molecule has 16 heavy (non-hydrogen) atoms. The molecule has 0 unspecified atom stereocenters. The standard InChI is InChI=1S/C15H16O/c1-10-8-11(2)12(3)15(9-10)13-4-6-14(16)7-5-13/h4-9,16H,1-3H3. The molecule has 0 aliphatic heterocycles. The Balaban J connectivity index is 2.59. The molecule has 82 valence electrons. The van der Waals surface area contributed by atoms with Crippen molar-refractivity contribution in [1.82, 2.24) is 0 Å². The van der Waals surface area contributed by atoms with Crippen LogP contribution in [0.3, 0.4) is 0 Å². The molecule has 0 saturated carbocycles. The molecule has 1 nitrogen and oxygen atoms in total. The predicted octanol–water partition coefficient (Wildman–Crippen LogP) is 3.98. The fraction of sp³-hybridized carbons (Fsp3) is 0.200. The molecule has 0 aromatic heterocycles. The first kappa shape index (κ1) is 10.7. The van der Waals surface area contributed by atoms with Gasteiger partial charge in [-0.3, -0.25) is 0 Å². The number of aryl methyl sites for hydroxylation is 2. The number of phenols is 1. The molecule has 0 aliphatic carbocycles. The third-order valence-corrected chi connectivity index (χ3v) is 2.99. The summed E-state index contributed by atoms with van der Waals surface area (Å²) < 4.78 is 0. The minimum absolute atomic E-state index is 0.311. The second kappa shape index (κ2) is 4.01. The largest absolute Gasteiger partial charge is 0.508 e. The summed E-state index contributed by atoms with van der Waals surface area (Å²) in [5.74, 6) is 0.311. The van der Waals surface area contributed by atoms with E-state index in [1.54, 1.807) is 12.1 Å². The topological polar surface area (TPSA) is 20.2 Å². The highest BCUT2D eigenvalue weighted by Crippen LogP contribution is 2.28. The molecular weight excluding hydrogens is 196 g/mol. The van der Waals surface area contributed by atoms with Crippen LogP contribution in [0.1, 0.15) is 16.7 Å². The maximum absolute atomic E-state index is 9.28. The Hall–Kier alpha value is -1.76. The lowest BCUT2D eigenvalue weighted by Crippen LogP contribution is -1.89. The van der Waals surface area contributed by atoms with E-state index >= 15 is 0 Å². The summed E-state index contributed by atoms with van der Waals surface area (Å²) in [6.45, 7) is 6.37. The molecule has 0 atom stereocenters. The molecule has 0 spiro atoms. The molecule has 0 saturated heterocycles. The van der Waals surface area contributed by atoms with Crippen molar-refractivity contribution >= 4 is 0 Å². The smallest absolute Gasteiger partial charge is 0.115 e. The van der Waals surface area contributed by atoms with Crippen LogP contribution < -0.4 is 0 Å². The number of phenolic OH excluding ortho intramolecular Hbond substituents is 1. The van der Waals surface area contributed by atoms with Crippen molar-refractivity contribution < 1.29 is 5.11 Å². The van der Waals surface area contributed by atoms with Crippen molar-refractivity contribution in [3.8, 4) is 16.9 Å². The predicted molar refractivity (Wildman–Crippen MR) is 67.8 cm³/mol. The summed E-state index contributed by atoms with van der Waals surface area (Å²) in [6.07, 6.45) is 0. The normalized spacial score (nSPS) is 10.4. The monoisotopic (exact) mass is 212 g/mol. The molecule has 2 aromatic rings. The van der Waals surface area contributed by atoms with Crippen LogP contribution in [0.25, 0.3) is 11.1 Å². The van der Waals surface area contributed by atoms with Gasteiger partial charge in [-0.1, -0.05) is 29.8 Å². The molecule has 0 amide bonds. The van der Waals surface area contributed by atoms with Crippen LogP contribution in [0.4, 0.5) is 0 Å². The zero-order valence-corrected chi connectivity index (χ0v) is 9.91. The molecule has 0 fully saturated rings. The van der Waals surface area contributed by atoms with E-state index in [1.165, 1.54) is 22.3 Å². The van der Waals surface area contributed by atoms with Crippen molar-refractivity contribution in [1.29, 1.82) is 0 Å². The minimum Gasteiger partial charge on any atom is -0.508 e. The van der Waals surface area contributed by atoms with Gasteiger partial charge in [0.15, 0.2) is 0 Å². The molecule has 0 radical (unpaired) electrons. The molecule has 0 aliphatic rings. The van der Waals surface area contributed by atoms with Gasteiger partial charge in [0.05, 0.1) is 0 Å². The molecule has 0 heterocycles. The lowest BCUT2D eigenvalue weighted by Gasteiger charge is -2.10. The zero-order valence-electron chi connectivity index (χ0n) is 9.91. The first-order valence-corrected chi connectivity index (χ1v) is 5.45. The van der Waals surface area contributed by atoms with Crippen molar-refractivity contribution in [2.75, 3.05) is 0 Å². The van der Waals surface area contributed by atoms with E-state index in [1.807, 2.05) is 12.1 Å². The van der Waals surface area contributed by atoms with Gasteiger partial charge in [0, 0.05) is 0 Å². The van der Waals surface area contributed by atoms with Gasteiger partial charge in [-0.2, -0.15) is 0 Å². The third-order valence-electron chi connectivity index (χ3n) is 2.99. The van der Waals surface area contributed by atoms with Gasteiger partial charge in [-0.05, 0) is 55.2 Å². The second-order valence-corrected chi connectivity index (χ2v) is 4.30. The molecular formula is C15H16O. The number of hydrogen-bond acceptors (Lipinski definition) is 1. The Bertz CT molecular complexity index is 510. The first-order valence-electron chi connectivity index (χ1n) is 5.45. The number of hydrogen-bond donors (Lipinski definition) is 1. The molecule has 2 aromatic carbocycles. The highest BCUT2D eigenvalue weighted by atomic mass is 16.3. The highest BCUT2D eigenvalue weighted by Gasteiger charge is 2.05. The van der Waals surface area contributed by atoms with Gasteiger partial charge < -0.3 is 5.11 Å². The van der Waals surface area contributed by atoms with E-state index in [4.69, 9.17) is 0 Å². The fourth-order valence-corrected chi connectivity index (χ4v) is 1.98. The van der Waals surface area contributed by atoms with Gasteiger partial charge in [-0.15, -0.1) is 0 Å². The quantitative estimate of drug-likeness (QED) is 0.758. The van der Waals surface area contributed by atoms with E-state index in [-0.39, 0.29) is 0 Å². The fourth-order valence-electron chi connectivity index (χ4n) is 1.98. The summed E-state index contributed by atoms with van der Waals surface area (Å²) >= 11 is 0. The second-order valence-electron chi connectivity index (χ2n) is 4.30. The lowest BCUT2D eigenvalue weighted by atomic mass is 9.95. The zero-order chi connectivity index (χ0) is 11.7. The van der Waals surface area contributed by atoms with Gasteiger partial charge in [0.1, 0.15) is 5.75 Å². The summed E-state index contributed by atoms with van der Waals surface area (Å²) in [5, 5.41) is 9.28. The molecule has 0 bridgehead atoms. The Morgan fingerprint density at radius 2 is 1.50 bits per heavy atom. The number of aromatic hydroxyl groups is 1. The average Bonchev–Trinajstić information content (AvgIpc) is 2.25. The Kier molecular flexibility index (Phi) is 2.69. The van der Waals surface area contributed by atoms with Crippen molar-refractivity contribution in [3.05, 3.63) is 53.1 Å². The van der Waals surface area contributed by atoms with Crippen LogP contribution in [-0.2, 0) is 0 Å². The van der Waals surface area contributed by atoms with E-state index in [2.05, 4.69) is 32.9 Å². The van der Waals surface area contributed by atoms with Gasteiger partial charge in [0.2, 0.25) is 0 Å². The molecule has 2 rings (SSSR count). The first-order chi connectivity index (χ1) is 7.58. The maximum atomic E-state index is 9.28. The Labute approximate surface area is 96.4 Å². The Morgan fingerprint density at radius 3 is 2.12 bits per heavy atom. The van der Waals surface area contributed by atoms with Gasteiger partial charge >= 0.3 is 0 Å². The van der Waals surface area contributed by atoms with Crippen molar-refractivity contribution in [3.63, 3.8) is 0 Å². The third kappa shape index (κ3) is 1.94. The van der Waals surface area contributed by atoms with E-state index in [0.29, 0.717) is 5.75 Å². The van der Waals surface area contributed by atoms with E-state index in [0.717, 1.165) is 5.56 Å². The minimum atomic E-state index is 0.311.